The lowest BCUT2D eigenvalue weighted by Gasteiger charge is -2.14. The van der Waals surface area contributed by atoms with Crippen LogP contribution in [0.3, 0.4) is 0 Å². The van der Waals surface area contributed by atoms with E-state index in [0.29, 0.717) is 6.61 Å². The molecule has 0 saturated heterocycles. The van der Waals surface area contributed by atoms with Crippen LogP contribution in [0.2, 0.25) is 0 Å². The first-order valence-corrected chi connectivity index (χ1v) is 9.41. The fourth-order valence-corrected chi connectivity index (χ4v) is 4.25. The summed E-state index contributed by atoms with van der Waals surface area (Å²) in [6.45, 7) is 2.70. The van der Waals surface area contributed by atoms with Gasteiger partial charge in [0, 0.05) is 10.9 Å². The molecule has 0 aliphatic heterocycles. The van der Waals surface area contributed by atoms with Gasteiger partial charge in [-0.05, 0) is 78.4 Å². The smallest absolute Gasteiger partial charge is 0.119 e. The van der Waals surface area contributed by atoms with E-state index in [0.717, 1.165) is 29.8 Å². The Morgan fingerprint density at radius 2 is 1.69 bits per heavy atom. The molecule has 0 unspecified atom stereocenters. The zero-order valence-electron chi connectivity index (χ0n) is 15.0. The topological polar surface area (TPSA) is 22.1 Å². The predicted molar refractivity (Wildman–Crippen MR) is 108 cm³/mol. The summed E-state index contributed by atoms with van der Waals surface area (Å²) >= 11 is 0. The van der Waals surface area contributed by atoms with Gasteiger partial charge in [-0.25, -0.2) is 4.98 Å². The van der Waals surface area contributed by atoms with Crippen molar-refractivity contribution in [1.29, 1.82) is 0 Å². The minimum absolute atomic E-state index is 0.691. The third-order valence-electron chi connectivity index (χ3n) is 5.38. The number of aromatic nitrogens is 1. The van der Waals surface area contributed by atoms with E-state index < -0.39 is 0 Å². The molecule has 0 bridgehead atoms. The fraction of sp³-hybridized carbons (Fsp3) is 0.208. The van der Waals surface area contributed by atoms with Crippen LogP contribution < -0.4 is 4.74 Å². The first kappa shape index (κ1) is 15.4. The summed E-state index contributed by atoms with van der Waals surface area (Å²) < 4.78 is 5.59. The molecule has 2 nitrogen and oxygen atoms in total. The number of fused-ring (bicyclic) bond motifs is 5. The van der Waals surface area contributed by atoms with Crippen LogP contribution in [0.5, 0.6) is 5.75 Å². The maximum Gasteiger partial charge on any atom is 0.119 e. The summed E-state index contributed by atoms with van der Waals surface area (Å²) in [5.74, 6) is 0.916. The highest BCUT2D eigenvalue weighted by molar-refractivity contribution is 6.09. The molecule has 0 N–H and O–H groups in total. The van der Waals surface area contributed by atoms with E-state index in [2.05, 4.69) is 48.5 Å². The zero-order valence-corrected chi connectivity index (χ0v) is 15.0. The maximum atomic E-state index is 5.59. The molecule has 1 aliphatic carbocycles. The minimum atomic E-state index is 0.691. The van der Waals surface area contributed by atoms with Crippen molar-refractivity contribution >= 4 is 21.7 Å². The molecule has 26 heavy (non-hydrogen) atoms. The average molecular weight is 339 g/mol. The van der Waals surface area contributed by atoms with Crippen LogP contribution in [0.1, 0.15) is 24.5 Å². The van der Waals surface area contributed by atoms with E-state index in [4.69, 9.17) is 9.72 Å². The van der Waals surface area contributed by atoms with Gasteiger partial charge in [0.2, 0.25) is 0 Å². The van der Waals surface area contributed by atoms with Crippen molar-refractivity contribution in [3.8, 4) is 17.0 Å². The summed E-state index contributed by atoms with van der Waals surface area (Å²) in [4.78, 5) is 5.10. The highest BCUT2D eigenvalue weighted by atomic mass is 16.5. The van der Waals surface area contributed by atoms with Crippen LogP contribution in [0.15, 0.2) is 60.7 Å². The normalized spacial score (nSPS) is 13.3. The number of pyridine rings is 1. The van der Waals surface area contributed by atoms with E-state index in [-0.39, 0.29) is 0 Å². The molecular formula is C24H21NO. The third-order valence-corrected chi connectivity index (χ3v) is 5.38. The Bertz CT molecular complexity index is 1110. The van der Waals surface area contributed by atoms with Crippen molar-refractivity contribution in [2.45, 2.75) is 26.2 Å². The molecule has 0 fully saturated rings. The summed E-state index contributed by atoms with van der Waals surface area (Å²) in [7, 11) is 0. The lowest BCUT2D eigenvalue weighted by Crippen LogP contribution is -1.97. The Labute approximate surface area is 153 Å². The molecule has 1 aliphatic rings. The molecule has 0 radical (unpaired) electrons. The Balaban J connectivity index is 1.76. The number of aryl methyl sites for hydroxylation is 1. The summed E-state index contributed by atoms with van der Waals surface area (Å²) in [6, 6.07) is 21.4. The van der Waals surface area contributed by atoms with Gasteiger partial charge >= 0.3 is 0 Å². The average Bonchev–Trinajstić information content (AvgIpc) is 3.18. The standard InChI is InChI=1S/C24H21NO/c1-2-26-18-13-10-17(11-14-18)24-21-9-5-8-20(21)23-19-7-4-3-6-16(19)12-15-22(23)25-24/h3-4,6-7,10-15H,2,5,8-9H2,1H3. The number of hydrogen-bond donors (Lipinski definition) is 0. The lowest BCUT2D eigenvalue weighted by molar-refractivity contribution is 0.340. The van der Waals surface area contributed by atoms with E-state index >= 15 is 0 Å². The molecule has 5 rings (SSSR count). The van der Waals surface area contributed by atoms with Gasteiger partial charge in [0.05, 0.1) is 17.8 Å². The van der Waals surface area contributed by atoms with Crippen molar-refractivity contribution in [3.05, 3.63) is 71.8 Å². The van der Waals surface area contributed by atoms with Gasteiger partial charge in [-0.2, -0.15) is 0 Å². The lowest BCUT2D eigenvalue weighted by atomic mass is 9.95. The SMILES string of the molecule is CCOc1ccc(-c2nc3ccc4ccccc4c3c3c2CCC3)cc1. The molecule has 1 heterocycles. The number of benzene rings is 3. The van der Waals surface area contributed by atoms with Crippen LogP contribution in [0, 0.1) is 0 Å². The number of ether oxygens (including phenoxy) is 1. The first-order valence-electron chi connectivity index (χ1n) is 9.41. The van der Waals surface area contributed by atoms with E-state index in [1.54, 1.807) is 0 Å². The second-order valence-electron chi connectivity index (χ2n) is 6.91. The summed E-state index contributed by atoms with van der Waals surface area (Å²) in [5.41, 5.74) is 6.35. The molecular weight excluding hydrogens is 318 g/mol. The number of rotatable bonds is 3. The van der Waals surface area contributed by atoms with E-state index in [1.165, 1.54) is 39.3 Å². The fourth-order valence-electron chi connectivity index (χ4n) is 4.25. The second-order valence-corrected chi connectivity index (χ2v) is 6.91. The van der Waals surface area contributed by atoms with E-state index in [9.17, 15) is 0 Å². The number of nitrogens with zero attached hydrogens (tertiary/aromatic N) is 1. The molecule has 0 amide bonds. The predicted octanol–water partition coefficient (Wildman–Crippen LogP) is 5.94. The molecule has 0 atom stereocenters. The molecule has 0 spiro atoms. The van der Waals surface area contributed by atoms with Crippen LogP contribution in [0.25, 0.3) is 32.9 Å². The largest absolute Gasteiger partial charge is 0.494 e. The maximum absolute atomic E-state index is 5.59. The second kappa shape index (κ2) is 6.14. The molecule has 0 saturated carbocycles. The zero-order chi connectivity index (χ0) is 17.5. The molecule has 1 aromatic heterocycles. The molecule has 4 aromatic rings. The van der Waals surface area contributed by atoms with Crippen molar-refractivity contribution in [3.63, 3.8) is 0 Å². The monoisotopic (exact) mass is 339 g/mol. The summed E-state index contributed by atoms with van der Waals surface area (Å²) in [5, 5.41) is 3.98. The van der Waals surface area contributed by atoms with Gasteiger partial charge in [0.15, 0.2) is 0 Å². The number of hydrogen-bond acceptors (Lipinski definition) is 2. The molecule has 3 aromatic carbocycles. The Morgan fingerprint density at radius 3 is 2.54 bits per heavy atom. The van der Waals surface area contributed by atoms with Gasteiger partial charge in [-0.3, -0.25) is 0 Å². The summed E-state index contributed by atoms with van der Waals surface area (Å²) in [6.07, 6.45) is 3.47. The van der Waals surface area contributed by atoms with Gasteiger partial charge in [-0.1, -0.05) is 30.3 Å². The van der Waals surface area contributed by atoms with Crippen molar-refractivity contribution in [1.82, 2.24) is 4.98 Å². The Hall–Kier alpha value is -2.87. The van der Waals surface area contributed by atoms with Gasteiger partial charge in [0.1, 0.15) is 5.75 Å². The highest BCUT2D eigenvalue weighted by Crippen LogP contribution is 2.39. The van der Waals surface area contributed by atoms with Crippen LogP contribution in [-0.4, -0.2) is 11.6 Å². The first-order chi connectivity index (χ1) is 12.8. The minimum Gasteiger partial charge on any atom is -0.494 e. The Kier molecular flexibility index (Phi) is 3.63. The van der Waals surface area contributed by atoms with Crippen molar-refractivity contribution in [2.75, 3.05) is 6.61 Å². The molecule has 2 heteroatoms. The van der Waals surface area contributed by atoms with Crippen LogP contribution in [-0.2, 0) is 12.8 Å². The van der Waals surface area contributed by atoms with Crippen molar-refractivity contribution < 1.29 is 4.74 Å². The van der Waals surface area contributed by atoms with Gasteiger partial charge in [-0.15, -0.1) is 0 Å². The van der Waals surface area contributed by atoms with Gasteiger partial charge < -0.3 is 4.74 Å². The van der Waals surface area contributed by atoms with Crippen LogP contribution >= 0.6 is 0 Å². The molecule has 128 valence electrons. The van der Waals surface area contributed by atoms with Gasteiger partial charge in [0.25, 0.3) is 0 Å². The van der Waals surface area contributed by atoms with Crippen LogP contribution in [0.4, 0.5) is 0 Å². The Morgan fingerprint density at radius 1 is 0.885 bits per heavy atom. The quantitative estimate of drug-likeness (QED) is 0.431. The highest BCUT2D eigenvalue weighted by Gasteiger charge is 2.21. The van der Waals surface area contributed by atoms with Crippen molar-refractivity contribution in [2.24, 2.45) is 0 Å². The van der Waals surface area contributed by atoms with E-state index in [1.807, 2.05) is 19.1 Å². The third kappa shape index (κ3) is 2.37.